The van der Waals surface area contributed by atoms with Crippen LogP contribution in [0.4, 0.5) is 11.4 Å². The number of hydrogen-bond donors (Lipinski definition) is 2. The molecule has 0 amide bonds. The smallest absolute Gasteiger partial charge is 0.344 e. The Labute approximate surface area is 172 Å². The first kappa shape index (κ1) is 18.0. The van der Waals surface area contributed by atoms with Crippen LogP contribution in [0.3, 0.4) is 0 Å². The molecule has 0 unspecified atom stereocenters. The molecule has 0 fully saturated rings. The number of fused-ring (bicyclic) bond motifs is 2. The summed E-state index contributed by atoms with van der Waals surface area (Å²) in [6, 6.07) is 14.1. The summed E-state index contributed by atoms with van der Waals surface area (Å²) in [6.07, 6.45) is 0. The standard InChI is InChI=1S/C24H18N2O4/c1-11-7-13(3-5-17(11)25)21-15-9-20-16(10-19(15)29-23(21)27)22(24(28)30-20)14-4-6-18(26)12(2)8-14/h3-10H,25-26H2,1-2H3. The molecular weight excluding hydrogens is 380 g/mol. The first-order chi connectivity index (χ1) is 14.3. The highest BCUT2D eigenvalue weighted by molar-refractivity contribution is 6.21. The van der Waals surface area contributed by atoms with E-state index < -0.39 is 11.9 Å². The molecule has 148 valence electrons. The van der Waals surface area contributed by atoms with Crippen molar-refractivity contribution in [3.8, 4) is 11.5 Å². The second-order valence-electron chi connectivity index (χ2n) is 7.52. The molecule has 2 aliphatic rings. The largest absolute Gasteiger partial charge is 0.422 e. The molecular formula is C24H18N2O4. The summed E-state index contributed by atoms with van der Waals surface area (Å²) in [4.78, 5) is 25.3. The SMILES string of the molecule is Cc1cc(C2=c3cc4c(cc3OC2=O)=C(c2ccc(N)c(C)c2)C(=O)O4)ccc1N. The van der Waals surface area contributed by atoms with Crippen molar-refractivity contribution in [2.24, 2.45) is 0 Å². The molecule has 0 saturated heterocycles. The van der Waals surface area contributed by atoms with Crippen molar-refractivity contribution in [1.29, 1.82) is 0 Å². The van der Waals surface area contributed by atoms with Crippen molar-refractivity contribution in [2.45, 2.75) is 13.8 Å². The summed E-state index contributed by atoms with van der Waals surface area (Å²) >= 11 is 0. The fourth-order valence-corrected chi connectivity index (χ4v) is 3.85. The third-order valence-electron chi connectivity index (χ3n) is 5.55. The molecule has 0 bridgehead atoms. The number of benzene rings is 3. The minimum Gasteiger partial charge on any atom is -0.422 e. The van der Waals surface area contributed by atoms with Crippen LogP contribution in [0.2, 0.25) is 0 Å². The number of nitrogens with two attached hydrogens (primary N) is 2. The highest BCUT2D eigenvalue weighted by Crippen LogP contribution is 2.28. The van der Waals surface area contributed by atoms with E-state index in [0.717, 1.165) is 11.1 Å². The summed E-state index contributed by atoms with van der Waals surface area (Å²) < 4.78 is 11.0. The first-order valence-corrected chi connectivity index (χ1v) is 9.43. The van der Waals surface area contributed by atoms with Gasteiger partial charge in [0.05, 0.1) is 11.1 Å². The van der Waals surface area contributed by atoms with Gasteiger partial charge in [0, 0.05) is 21.8 Å². The van der Waals surface area contributed by atoms with Crippen molar-refractivity contribution in [1.82, 2.24) is 0 Å². The number of ether oxygens (including phenoxy) is 2. The number of carbonyl (C=O) groups excluding carboxylic acids is 2. The quantitative estimate of drug-likeness (QED) is 0.387. The molecule has 3 aromatic rings. The summed E-state index contributed by atoms with van der Waals surface area (Å²) in [5, 5.41) is 1.18. The monoisotopic (exact) mass is 398 g/mol. The fourth-order valence-electron chi connectivity index (χ4n) is 3.85. The van der Waals surface area contributed by atoms with E-state index >= 15 is 0 Å². The first-order valence-electron chi connectivity index (χ1n) is 9.43. The molecule has 0 radical (unpaired) electrons. The van der Waals surface area contributed by atoms with Gasteiger partial charge in [-0.05, 0) is 72.5 Å². The lowest BCUT2D eigenvalue weighted by Gasteiger charge is -2.04. The van der Waals surface area contributed by atoms with Gasteiger partial charge in [-0.15, -0.1) is 0 Å². The second-order valence-corrected chi connectivity index (χ2v) is 7.52. The highest BCUT2D eigenvalue weighted by Gasteiger charge is 2.30. The van der Waals surface area contributed by atoms with Gasteiger partial charge in [0.15, 0.2) is 0 Å². The molecule has 0 aromatic heterocycles. The summed E-state index contributed by atoms with van der Waals surface area (Å²) in [5.74, 6) is -0.111. The van der Waals surface area contributed by atoms with Crippen LogP contribution in [-0.2, 0) is 9.59 Å². The molecule has 5 rings (SSSR count). The van der Waals surface area contributed by atoms with Gasteiger partial charge < -0.3 is 20.9 Å². The molecule has 0 atom stereocenters. The molecule has 0 saturated carbocycles. The Bertz CT molecular complexity index is 1310. The van der Waals surface area contributed by atoms with Crippen molar-refractivity contribution in [3.63, 3.8) is 0 Å². The maximum absolute atomic E-state index is 12.6. The van der Waals surface area contributed by atoms with E-state index in [2.05, 4.69) is 0 Å². The fraction of sp³-hybridized carbons (Fsp3) is 0.0833. The summed E-state index contributed by atoms with van der Waals surface area (Å²) in [7, 11) is 0. The van der Waals surface area contributed by atoms with E-state index in [1.54, 1.807) is 36.4 Å². The zero-order valence-electron chi connectivity index (χ0n) is 16.4. The van der Waals surface area contributed by atoms with Crippen LogP contribution in [0.1, 0.15) is 22.3 Å². The lowest BCUT2D eigenvalue weighted by Crippen LogP contribution is -2.11. The predicted molar refractivity (Wildman–Crippen MR) is 113 cm³/mol. The molecule has 2 aliphatic heterocycles. The maximum Gasteiger partial charge on any atom is 0.344 e. The van der Waals surface area contributed by atoms with Crippen molar-refractivity contribution < 1.29 is 19.1 Å². The number of esters is 2. The third-order valence-corrected chi connectivity index (χ3v) is 5.55. The van der Waals surface area contributed by atoms with Crippen LogP contribution >= 0.6 is 0 Å². The summed E-state index contributed by atoms with van der Waals surface area (Å²) in [5.41, 5.74) is 17.1. The average Bonchev–Trinajstić information content (AvgIpc) is 3.18. The van der Waals surface area contributed by atoms with E-state index in [1.165, 1.54) is 0 Å². The van der Waals surface area contributed by atoms with Gasteiger partial charge in [0.1, 0.15) is 11.5 Å². The van der Waals surface area contributed by atoms with Gasteiger partial charge in [0.2, 0.25) is 0 Å². The van der Waals surface area contributed by atoms with Crippen molar-refractivity contribution in [3.05, 3.63) is 81.2 Å². The molecule has 30 heavy (non-hydrogen) atoms. The lowest BCUT2D eigenvalue weighted by molar-refractivity contribution is -0.128. The number of hydrogen-bond acceptors (Lipinski definition) is 6. The van der Waals surface area contributed by atoms with Crippen LogP contribution < -0.4 is 31.4 Å². The number of rotatable bonds is 2. The van der Waals surface area contributed by atoms with Crippen LogP contribution in [-0.4, -0.2) is 11.9 Å². The van der Waals surface area contributed by atoms with E-state index in [0.29, 0.717) is 55.6 Å². The van der Waals surface area contributed by atoms with E-state index in [4.69, 9.17) is 20.9 Å². The lowest BCUT2D eigenvalue weighted by atomic mass is 9.99. The van der Waals surface area contributed by atoms with Gasteiger partial charge in [-0.2, -0.15) is 0 Å². The molecule has 3 aromatic carbocycles. The van der Waals surface area contributed by atoms with E-state index in [9.17, 15) is 9.59 Å². The van der Waals surface area contributed by atoms with Gasteiger partial charge >= 0.3 is 11.9 Å². The Balaban J connectivity index is 1.77. The highest BCUT2D eigenvalue weighted by atomic mass is 16.5. The van der Waals surface area contributed by atoms with Gasteiger partial charge in [-0.1, -0.05) is 12.1 Å². The third kappa shape index (κ3) is 2.58. The maximum atomic E-state index is 12.6. The van der Waals surface area contributed by atoms with Crippen LogP contribution in [0, 0.1) is 13.8 Å². The molecule has 2 heterocycles. The van der Waals surface area contributed by atoms with E-state index in [-0.39, 0.29) is 0 Å². The van der Waals surface area contributed by atoms with Gasteiger partial charge in [0.25, 0.3) is 0 Å². The minimum absolute atomic E-state index is 0.395. The van der Waals surface area contributed by atoms with Crippen LogP contribution in [0.5, 0.6) is 11.5 Å². The summed E-state index contributed by atoms with van der Waals surface area (Å²) in [6.45, 7) is 3.75. The number of anilines is 2. The molecule has 6 nitrogen and oxygen atoms in total. The van der Waals surface area contributed by atoms with Crippen molar-refractivity contribution in [2.75, 3.05) is 11.5 Å². The molecule has 4 N–H and O–H groups in total. The van der Waals surface area contributed by atoms with Crippen LogP contribution in [0.25, 0.3) is 11.1 Å². The number of carbonyl (C=O) groups is 2. The Hall–Kier alpha value is -4.06. The topological polar surface area (TPSA) is 105 Å². The van der Waals surface area contributed by atoms with Crippen molar-refractivity contribution >= 4 is 34.5 Å². The zero-order chi connectivity index (χ0) is 21.2. The van der Waals surface area contributed by atoms with Crippen LogP contribution in [0.15, 0.2) is 48.5 Å². The predicted octanol–water partition coefficient (Wildman–Crippen LogP) is 1.70. The number of nitrogen functional groups attached to an aromatic ring is 2. The Morgan fingerprint density at radius 1 is 0.633 bits per heavy atom. The minimum atomic E-state index is -0.450. The molecule has 0 spiro atoms. The van der Waals surface area contributed by atoms with Gasteiger partial charge in [-0.25, -0.2) is 9.59 Å². The second kappa shape index (κ2) is 6.22. The number of aryl methyl sites for hydroxylation is 2. The average molecular weight is 398 g/mol. The Morgan fingerprint density at radius 2 is 1.03 bits per heavy atom. The zero-order valence-corrected chi connectivity index (χ0v) is 16.4. The normalized spacial score (nSPS) is 14.5. The van der Waals surface area contributed by atoms with Gasteiger partial charge in [-0.3, -0.25) is 0 Å². The van der Waals surface area contributed by atoms with E-state index in [1.807, 2.05) is 26.0 Å². The molecule has 0 aliphatic carbocycles. The Morgan fingerprint density at radius 3 is 1.40 bits per heavy atom. The Kier molecular flexibility index (Phi) is 3.73. The molecule has 6 heteroatoms.